The van der Waals surface area contributed by atoms with E-state index in [-0.39, 0.29) is 23.9 Å². The average Bonchev–Trinajstić information content (AvgIpc) is 3.33. The van der Waals surface area contributed by atoms with Gasteiger partial charge in [0.2, 0.25) is 5.91 Å². The third kappa shape index (κ3) is 3.63. The van der Waals surface area contributed by atoms with Crippen LogP contribution in [0.2, 0.25) is 0 Å². The molecule has 7 nitrogen and oxygen atoms in total. The Morgan fingerprint density at radius 2 is 1.94 bits per heavy atom. The van der Waals surface area contributed by atoms with Gasteiger partial charge in [0.25, 0.3) is 5.56 Å². The number of anilines is 1. The van der Waals surface area contributed by atoms with Crippen molar-refractivity contribution in [2.75, 3.05) is 11.1 Å². The molecule has 0 spiro atoms. The zero-order chi connectivity index (χ0) is 21.5. The number of hydrogen-bond acceptors (Lipinski definition) is 5. The van der Waals surface area contributed by atoms with E-state index in [0.29, 0.717) is 21.9 Å². The highest BCUT2D eigenvalue weighted by atomic mass is 32.2. The lowest BCUT2D eigenvalue weighted by Crippen LogP contribution is -2.27. The first-order chi connectivity index (χ1) is 15.0. The Morgan fingerprint density at radius 1 is 1.16 bits per heavy atom. The first kappa shape index (κ1) is 19.6. The number of benzene rings is 2. The lowest BCUT2D eigenvalue weighted by molar-refractivity contribution is -0.116. The number of amides is 1. The van der Waals surface area contributed by atoms with Crippen molar-refractivity contribution in [3.63, 3.8) is 0 Å². The summed E-state index contributed by atoms with van der Waals surface area (Å²) in [5.41, 5.74) is 4.19. The maximum Gasteiger partial charge on any atom is 0.265 e. The summed E-state index contributed by atoms with van der Waals surface area (Å²) in [5, 5.41) is 8.42. The topological polar surface area (TPSA) is 81.8 Å². The number of aromatic nitrogens is 4. The Bertz CT molecular complexity index is 1370. The van der Waals surface area contributed by atoms with E-state index in [9.17, 15) is 9.59 Å². The van der Waals surface area contributed by atoms with E-state index in [1.54, 1.807) is 15.4 Å². The highest BCUT2D eigenvalue weighted by Gasteiger charge is 2.29. The molecule has 4 aromatic rings. The van der Waals surface area contributed by atoms with E-state index in [4.69, 9.17) is 4.98 Å². The lowest BCUT2D eigenvalue weighted by Gasteiger charge is -2.13. The van der Waals surface area contributed by atoms with Crippen molar-refractivity contribution in [1.29, 1.82) is 0 Å². The summed E-state index contributed by atoms with van der Waals surface area (Å²) in [6.45, 7) is 3.99. The average molecular weight is 432 g/mol. The minimum Gasteiger partial charge on any atom is -0.326 e. The van der Waals surface area contributed by atoms with Gasteiger partial charge in [-0.15, -0.1) is 0 Å². The van der Waals surface area contributed by atoms with E-state index < -0.39 is 0 Å². The Morgan fingerprint density at radius 3 is 2.71 bits per heavy atom. The molecule has 1 N–H and O–H groups in total. The molecule has 1 atom stereocenters. The molecule has 0 aliphatic carbocycles. The summed E-state index contributed by atoms with van der Waals surface area (Å²) >= 11 is 1.50. The Kier molecular flexibility index (Phi) is 4.86. The summed E-state index contributed by atoms with van der Waals surface area (Å²) in [4.78, 5) is 30.6. The van der Waals surface area contributed by atoms with Gasteiger partial charge in [-0.05, 0) is 49.2 Å². The van der Waals surface area contributed by atoms with E-state index in [1.165, 1.54) is 11.8 Å². The predicted molar refractivity (Wildman–Crippen MR) is 122 cm³/mol. The van der Waals surface area contributed by atoms with Gasteiger partial charge in [0, 0.05) is 17.9 Å². The van der Waals surface area contributed by atoms with Crippen LogP contribution in [0.3, 0.4) is 0 Å². The normalized spacial score (nSPS) is 15.2. The monoisotopic (exact) mass is 431 g/mol. The van der Waals surface area contributed by atoms with Gasteiger partial charge < -0.3 is 5.32 Å². The van der Waals surface area contributed by atoms with Crippen molar-refractivity contribution in [3.8, 4) is 5.69 Å². The molecule has 0 radical (unpaired) electrons. The van der Waals surface area contributed by atoms with E-state index in [0.717, 1.165) is 22.5 Å². The molecule has 2 aromatic heterocycles. The number of hydrogen-bond donors (Lipinski definition) is 1. The SMILES string of the molecule is Cc1cccc(NC(=O)CC2CSc3nc4c(cnn4-c4cccc(C)c4)c(=O)n32)c1. The van der Waals surface area contributed by atoms with Gasteiger partial charge in [0.05, 0.1) is 17.9 Å². The van der Waals surface area contributed by atoms with Crippen molar-refractivity contribution in [2.24, 2.45) is 0 Å². The molecule has 1 aliphatic heterocycles. The number of fused-ring (bicyclic) bond motifs is 2. The first-order valence-corrected chi connectivity index (χ1v) is 11.0. The van der Waals surface area contributed by atoms with Crippen LogP contribution in [0.25, 0.3) is 16.7 Å². The number of aryl methyl sites for hydroxylation is 2. The van der Waals surface area contributed by atoms with Crippen LogP contribution >= 0.6 is 11.8 Å². The van der Waals surface area contributed by atoms with Gasteiger partial charge >= 0.3 is 0 Å². The highest BCUT2D eigenvalue weighted by Crippen LogP contribution is 2.33. The second kappa shape index (κ2) is 7.70. The van der Waals surface area contributed by atoms with Gasteiger partial charge in [-0.1, -0.05) is 36.0 Å². The smallest absolute Gasteiger partial charge is 0.265 e. The molecule has 0 bridgehead atoms. The molecule has 1 aliphatic rings. The Hall–Kier alpha value is -3.39. The van der Waals surface area contributed by atoms with Gasteiger partial charge in [-0.2, -0.15) is 5.10 Å². The van der Waals surface area contributed by atoms with Crippen molar-refractivity contribution in [2.45, 2.75) is 31.5 Å². The molecule has 0 saturated heterocycles. The van der Waals surface area contributed by atoms with Gasteiger partial charge in [0.15, 0.2) is 10.8 Å². The fourth-order valence-corrected chi connectivity index (χ4v) is 5.01. The van der Waals surface area contributed by atoms with Crippen LogP contribution in [0.4, 0.5) is 5.69 Å². The van der Waals surface area contributed by atoms with Crippen LogP contribution in [0.15, 0.2) is 64.7 Å². The third-order valence-corrected chi connectivity index (χ3v) is 6.44. The summed E-state index contributed by atoms with van der Waals surface area (Å²) in [5.74, 6) is 0.514. The molecule has 156 valence electrons. The number of rotatable bonds is 4. The van der Waals surface area contributed by atoms with E-state index in [1.807, 2.05) is 62.4 Å². The number of thioether (sulfide) groups is 1. The molecule has 31 heavy (non-hydrogen) atoms. The fraction of sp³-hybridized carbons (Fsp3) is 0.217. The maximum atomic E-state index is 13.3. The molecule has 8 heteroatoms. The third-order valence-electron chi connectivity index (χ3n) is 5.34. The summed E-state index contributed by atoms with van der Waals surface area (Å²) in [6, 6.07) is 15.3. The van der Waals surface area contributed by atoms with Gasteiger partial charge in [-0.3, -0.25) is 14.2 Å². The van der Waals surface area contributed by atoms with Crippen LogP contribution < -0.4 is 10.9 Å². The summed E-state index contributed by atoms with van der Waals surface area (Å²) in [7, 11) is 0. The van der Waals surface area contributed by atoms with Crippen LogP contribution in [0.5, 0.6) is 0 Å². The van der Waals surface area contributed by atoms with Crippen LogP contribution in [-0.4, -0.2) is 31.0 Å². The number of carbonyl (C=O) groups is 1. The second-order valence-corrected chi connectivity index (χ2v) is 8.78. The Balaban J connectivity index is 1.45. The van der Waals surface area contributed by atoms with Crippen LogP contribution in [-0.2, 0) is 4.79 Å². The zero-order valence-electron chi connectivity index (χ0n) is 17.2. The molecule has 2 aromatic carbocycles. The molecule has 0 saturated carbocycles. The minimum absolute atomic E-state index is 0.119. The van der Waals surface area contributed by atoms with Crippen molar-refractivity contribution >= 4 is 34.4 Å². The van der Waals surface area contributed by atoms with Crippen molar-refractivity contribution < 1.29 is 4.79 Å². The molecular weight excluding hydrogens is 410 g/mol. The molecule has 1 amide bonds. The molecule has 5 rings (SSSR count). The second-order valence-electron chi connectivity index (χ2n) is 7.79. The highest BCUT2D eigenvalue weighted by molar-refractivity contribution is 7.99. The standard InChI is InChI=1S/C23H21N5O2S/c1-14-5-3-7-16(9-14)25-20(29)11-18-13-31-23-26-21-19(22(30)27(18)23)12-24-28(21)17-8-4-6-15(2)10-17/h3-10,12,18H,11,13H2,1-2H3,(H,25,29). The summed E-state index contributed by atoms with van der Waals surface area (Å²) in [6.07, 6.45) is 1.78. The number of nitrogens with zero attached hydrogens (tertiary/aromatic N) is 4. The number of carbonyl (C=O) groups excluding carboxylic acids is 1. The van der Waals surface area contributed by atoms with Crippen LogP contribution in [0, 0.1) is 13.8 Å². The van der Waals surface area contributed by atoms with Gasteiger partial charge in [0.1, 0.15) is 5.39 Å². The zero-order valence-corrected chi connectivity index (χ0v) is 18.0. The summed E-state index contributed by atoms with van der Waals surface area (Å²) < 4.78 is 3.34. The first-order valence-electron chi connectivity index (χ1n) is 10.1. The minimum atomic E-state index is -0.239. The lowest BCUT2D eigenvalue weighted by atomic mass is 10.2. The number of nitrogens with one attached hydrogen (secondary N) is 1. The van der Waals surface area contributed by atoms with Crippen molar-refractivity contribution in [3.05, 3.63) is 76.2 Å². The fourth-order valence-electron chi connectivity index (χ4n) is 3.88. The quantitative estimate of drug-likeness (QED) is 0.496. The van der Waals surface area contributed by atoms with Crippen molar-refractivity contribution in [1.82, 2.24) is 19.3 Å². The largest absolute Gasteiger partial charge is 0.326 e. The predicted octanol–water partition coefficient (Wildman–Crippen LogP) is 3.87. The Labute approximate surface area is 183 Å². The van der Waals surface area contributed by atoms with Gasteiger partial charge in [-0.25, -0.2) is 9.67 Å². The van der Waals surface area contributed by atoms with E-state index in [2.05, 4.69) is 10.4 Å². The van der Waals surface area contributed by atoms with Crippen LogP contribution in [0.1, 0.15) is 23.6 Å². The van der Waals surface area contributed by atoms with E-state index >= 15 is 0 Å². The molecule has 1 unspecified atom stereocenters. The molecular formula is C23H21N5O2S. The maximum absolute atomic E-state index is 13.3. The molecule has 3 heterocycles. The molecule has 0 fully saturated rings.